The van der Waals surface area contributed by atoms with Crippen LogP contribution in [0.15, 0.2) is 48.5 Å². The first-order valence-corrected chi connectivity index (χ1v) is 14.1. The molecular formula is C26H36ClN3O5S. The Hall–Kier alpha value is -2.78. The van der Waals surface area contributed by atoms with Crippen molar-refractivity contribution in [2.45, 2.75) is 46.2 Å². The van der Waals surface area contributed by atoms with Gasteiger partial charge in [0.2, 0.25) is 21.8 Å². The van der Waals surface area contributed by atoms with Crippen molar-refractivity contribution in [2.24, 2.45) is 5.92 Å². The van der Waals surface area contributed by atoms with Gasteiger partial charge in [0.1, 0.15) is 11.8 Å². The van der Waals surface area contributed by atoms with Crippen molar-refractivity contribution in [3.8, 4) is 5.75 Å². The molecule has 10 heteroatoms. The van der Waals surface area contributed by atoms with Crippen LogP contribution in [0.2, 0.25) is 5.02 Å². The van der Waals surface area contributed by atoms with Gasteiger partial charge in [-0.15, -0.1) is 0 Å². The van der Waals surface area contributed by atoms with Crippen LogP contribution in [0.4, 0.5) is 5.69 Å². The summed E-state index contributed by atoms with van der Waals surface area (Å²) in [6, 6.07) is 13.2. The Labute approximate surface area is 219 Å². The highest BCUT2D eigenvalue weighted by molar-refractivity contribution is 7.92. The second-order valence-corrected chi connectivity index (χ2v) is 11.4. The summed E-state index contributed by atoms with van der Waals surface area (Å²) in [5.74, 6) is 0.288. The van der Waals surface area contributed by atoms with E-state index in [1.165, 1.54) is 16.3 Å². The lowest BCUT2D eigenvalue weighted by Gasteiger charge is -2.30. The maximum absolute atomic E-state index is 13.3. The maximum Gasteiger partial charge on any atom is 0.242 e. The van der Waals surface area contributed by atoms with E-state index in [-0.39, 0.29) is 43.7 Å². The molecule has 0 fully saturated rings. The van der Waals surface area contributed by atoms with Crippen LogP contribution in [0.25, 0.3) is 0 Å². The minimum Gasteiger partial charge on any atom is -0.497 e. The number of carbonyl (C=O) groups is 2. The molecule has 0 aliphatic carbocycles. The molecule has 0 bridgehead atoms. The quantitative estimate of drug-likeness (QED) is 0.415. The Bertz CT molecular complexity index is 1140. The number of rotatable bonds is 13. The fraction of sp³-hybridized carbons (Fsp3) is 0.462. The van der Waals surface area contributed by atoms with Gasteiger partial charge in [-0.3, -0.25) is 13.9 Å². The number of ether oxygens (including phenoxy) is 1. The number of methoxy groups -OCH3 is 1. The Kier molecular flexibility index (Phi) is 11.0. The Morgan fingerprint density at radius 3 is 2.39 bits per heavy atom. The minimum atomic E-state index is -3.59. The fourth-order valence-corrected chi connectivity index (χ4v) is 4.77. The molecule has 1 atom stereocenters. The Balaban J connectivity index is 2.18. The van der Waals surface area contributed by atoms with E-state index in [1.54, 1.807) is 43.3 Å². The van der Waals surface area contributed by atoms with Crippen molar-refractivity contribution in [1.82, 2.24) is 10.2 Å². The number of hydrogen-bond acceptors (Lipinski definition) is 5. The zero-order valence-corrected chi connectivity index (χ0v) is 23.1. The molecule has 0 aliphatic heterocycles. The molecule has 1 N–H and O–H groups in total. The fourth-order valence-electron chi connectivity index (χ4n) is 3.61. The summed E-state index contributed by atoms with van der Waals surface area (Å²) in [6.45, 7) is 6.44. The predicted octanol–water partition coefficient (Wildman–Crippen LogP) is 4.08. The molecule has 0 aromatic heterocycles. The number of carbonyl (C=O) groups excluding carboxylic acids is 2. The Morgan fingerprint density at radius 1 is 1.08 bits per heavy atom. The molecule has 0 saturated heterocycles. The number of nitrogens with zero attached hydrogens (tertiary/aromatic N) is 2. The van der Waals surface area contributed by atoms with E-state index in [9.17, 15) is 18.0 Å². The van der Waals surface area contributed by atoms with Crippen molar-refractivity contribution in [2.75, 3.05) is 30.8 Å². The summed E-state index contributed by atoms with van der Waals surface area (Å²) in [5, 5.41) is 3.38. The van der Waals surface area contributed by atoms with Crippen molar-refractivity contribution in [1.29, 1.82) is 0 Å². The highest BCUT2D eigenvalue weighted by Crippen LogP contribution is 2.24. The lowest BCUT2D eigenvalue weighted by molar-refractivity contribution is -0.140. The lowest BCUT2D eigenvalue weighted by atomic mass is 10.1. The van der Waals surface area contributed by atoms with Gasteiger partial charge in [0.15, 0.2) is 0 Å². The molecule has 0 radical (unpaired) electrons. The van der Waals surface area contributed by atoms with E-state index >= 15 is 0 Å². The van der Waals surface area contributed by atoms with Gasteiger partial charge in [-0.25, -0.2) is 8.42 Å². The summed E-state index contributed by atoms with van der Waals surface area (Å²) in [4.78, 5) is 27.6. The van der Waals surface area contributed by atoms with E-state index in [1.807, 2.05) is 26.0 Å². The average Bonchev–Trinajstić information content (AvgIpc) is 2.83. The van der Waals surface area contributed by atoms with E-state index in [0.29, 0.717) is 23.0 Å². The highest BCUT2D eigenvalue weighted by Gasteiger charge is 2.27. The number of sulfonamides is 1. The van der Waals surface area contributed by atoms with Crippen molar-refractivity contribution >= 4 is 39.1 Å². The van der Waals surface area contributed by atoms with Crippen molar-refractivity contribution in [3.05, 3.63) is 59.1 Å². The molecular weight excluding hydrogens is 502 g/mol. The lowest BCUT2D eigenvalue weighted by Crippen LogP contribution is -2.48. The van der Waals surface area contributed by atoms with Gasteiger partial charge < -0.3 is 15.0 Å². The monoisotopic (exact) mass is 537 g/mol. The summed E-state index contributed by atoms with van der Waals surface area (Å²) >= 11 is 6.33. The number of benzene rings is 2. The number of anilines is 1. The van der Waals surface area contributed by atoms with Gasteiger partial charge in [-0.05, 0) is 43.0 Å². The zero-order chi connectivity index (χ0) is 26.9. The molecule has 8 nitrogen and oxygen atoms in total. The number of halogens is 1. The van der Waals surface area contributed by atoms with Crippen LogP contribution in [-0.2, 0) is 26.2 Å². The highest BCUT2D eigenvalue weighted by atomic mass is 35.5. The summed E-state index contributed by atoms with van der Waals surface area (Å²) < 4.78 is 31.4. The van der Waals surface area contributed by atoms with Gasteiger partial charge in [-0.1, -0.05) is 49.7 Å². The van der Waals surface area contributed by atoms with Crippen LogP contribution < -0.4 is 14.4 Å². The van der Waals surface area contributed by atoms with Crippen LogP contribution in [0, 0.1) is 5.92 Å². The molecule has 36 heavy (non-hydrogen) atoms. The number of amides is 2. The Morgan fingerprint density at radius 2 is 1.78 bits per heavy atom. The molecule has 198 valence electrons. The van der Waals surface area contributed by atoms with Crippen LogP contribution in [0.3, 0.4) is 0 Å². The van der Waals surface area contributed by atoms with E-state index in [2.05, 4.69) is 5.32 Å². The molecule has 0 heterocycles. The largest absolute Gasteiger partial charge is 0.497 e. The second-order valence-electron chi connectivity index (χ2n) is 9.07. The normalized spacial score (nSPS) is 12.2. The SMILES string of the molecule is COc1cccc(N(CCCC(=O)N(Cc2ccccc2Cl)C(C)C(=O)NCC(C)C)S(C)(=O)=O)c1. The van der Waals surface area contributed by atoms with Crippen LogP contribution in [0.5, 0.6) is 5.75 Å². The molecule has 2 aromatic carbocycles. The van der Waals surface area contributed by atoms with Gasteiger partial charge in [0, 0.05) is 37.1 Å². The average molecular weight is 538 g/mol. The van der Waals surface area contributed by atoms with Crippen LogP contribution in [-0.4, -0.2) is 57.6 Å². The third-order valence-electron chi connectivity index (χ3n) is 5.64. The smallest absolute Gasteiger partial charge is 0.242 e. The first kappa shape index (κ1) is 29.5. The zero-order valence-electron chi connectivity index (χ0n) is 21.5. The summed E-state index contributed by atoms with van der Waals surface area (Å²) in [5.41, 5.74) is 1.18. The third-order valence-corrected chi connectivity index (χ3v) is 7.21. The van der Waals surface area contributed by atoms with Crippen molar-refractivity contribution in [3.63, 3.8) is 0 Å². The summed E-state index contributed by atoms with van der Waals surface area (Å²) in [7, 11) is -2.08. The van der Waals surface area contributed by atoms with E-state index in [4.69, 9.17) is 16.3 Å². The maximum atomic E-state index is 13.3. The molecule has 0 spiro atoms. The second kappa shape index (κ2) is 13.5. The van der Waals surface area contributed by atoms with Gasteiger partial charge >= 0.3 is 0 Å². The molecule has 2 rings (SSSR count). The van der Waals surface area contributed by atoms with E-state index < -0.39 is 16.1 Å². The standard InChI is InChI=1S/C26H36ClN3O5S/c1-19(2)17-28-26(32)20(3)29(18-21-10-6-7-13-24(21)27)25(31)14-9-15-30(36(5,33)34)22-11-8-12-23(16-22)35-4/h6-8,10-13,16,19-20H,9,14-15,17-18H2,1-5H3,(H,28,32). The predicted molar refractivity (Wildman–Crippen MR) is 144 cm³/mol. The summed E-state index contributed by atoms with van der Waals surface area (Å²) in [6.07, 6.45) is 1.45. The van der Waals surface area contributed by atoms with Gasteiger partial charge in [0.25, 0.3) is 0 Å². The van der Waals surface area contributed by atoms with Gasteiger partial charge in [-0.2, -0.15) is 0 Å². The molecule has 1 unspecified atom stereocenters. The molecule has 2 aromatic rings. The third kappa shape index (κ3) is 8.71. The molecule has 2 amide bonds. The molecule has 0 aliphatic rings. The number of hydrogen-bond donors (Lipinski definition) is 1. The first-order valence-electron chi connectivity index (χ1n) is 11.9. The van der Waals surface area contributed by atoms with Gasteiger partial charge in [0.05, 0.1) is 19.1 Å². The number of nitrogens with one attached hydrogen (secondary N) is 1. The topological polar surface area (TPSA) is 96.0 Å². The van der Waals surface area contributed by atoms with Crippen molar-refractivity contribution < 1.29 is 22.7 Å². The minimum absolute atomic E-state index is 0.0578. The van der Waals surface area contributed by atoms with Crippen LogP contribution >= 0.6 is 11.6 Å². The van der Waals surface area contributed by atoms with Crippen LogP contribution in [0.1, 0.15) is 39.2 Å². The molecule has 0 saturated carbocycles. The van der Waals surface area contributed by atoms with E-state index in [0.717, 1.165) is 11.8 Å². The first-order chi connectivity index (χ1) is 16.9.